The number of amides is 1. The van der Waals surface area contributed by atoms with E-state index in [0.717, 1.165) is 44.3 Å². The molecule has 1 N–H and O–H groups in total. The molecule has 154 valence electrons. The number of nitrogens with one attached hydrogen (secondary N) is 1. The number of hydrogen-bond donors (Lipinski definition) is 1. The van der Waals surface area contributed by atoms with Crippen LogP contribution in [0, 0.1) is 5.92 Å². The van der Waals surface area contributed by atoms with Gasteiger partial charge in [0.2, 0.25) is 5.91 Å². The van der Waals surface area contributed by atoms with Gasteiger partial charge in [0.25, 0.3) is 0 Å². The monoisotopic (exact) mass is 383 g/mol. The van der Waals surface area contributed by atoms with E-state index >= 15 is 0 Å². The molecule has 1 aromatic carbocycles. The van der Waals surface area contributed by atoms with Crippen molar-refractivity contribution in [2.45, 2.75) is 90.5 Å². The van der Waals surface area contributed by atoms with E-state index in [2.05, 4.69) is 41.1 Å². The zero-order valence-electron chi connectivity index (χ0n) is 17.6. The van der Waals surface area contributed by atoms with E-state index < -0.39 is 0 Å². The number of para-hydroxylation sites is 2. The average molecular weight is 384 g/mol. The van der Waals surface area contributed by atoms with Gasteiger partial charge in [0.05, 0.1) is 11.0 Å². The second-order valence-electron chi connectivity index (χ2n) is 8.31. The summed E-state index contributed by atoms with van der Waals surface area (Å²) in [7, 11) is 0. The lowest BCUT2D eigenvalue weighted by Gasteiger charge is -2.20. The van der Waals surface area contributed by atoms with Crippen LogP contribution in [0.15, 0.2) is 24.3 Å². The molecule has 4 heteroatoms. The van der Waals surface area contributed by atoms with Gasteiger partial charge in [-0.25, -0.2) is 4.98 Å². The molecular formula is C24H37N3O. The maximum atomic E-state index is 12.3. The molecule has 0 atom stereocenters. The number of benzene rings is 1. The largest absolute Gasteiger partial charge is 0.356 e. The molecule has 0 aliphatic heterocycles. The fourth-order valence-electron chi connectivity index (χ4n) is 4.41. The minimum Gasteiger partial charge on any atom is -0.356 e. The van der Waals surface area contributed by atoms with Gasteiger partial charge in [-0.15, -0.1) is 0 Å². The second-order valence-corrected chi connectivity index (χ2v) is 8.31. The summed E-state index contributed by atoms with van der Waals surface area (Å²) in [5.41, 5.74) is 2.34. The Morgan fingerprint density at radius 2 is 1.86 bits per heavy atom. The van der Waals surface area contributed by atoms with E-state index in [4.69, 9.17) is 4.98 Å². The van der Waals surface area contributed by atoms with Crippen LogP contribution >= 0.6 is 0 Å². The molecule has 1 amide bonds. The molecule has 3 rings (SSSR count). The normalized spacial score (nSPS) is 15.2. The van der Waals surface area contributed by atoms with Crippen LogP contribution in [0.1, 0.15) is 83.4 Å². The van der Waals surface area contributed by atoms with Gasteiger partial charge in [-0.2, -0.15) is 0 Å². The molecule has 0 unspecified atom stereocenters. The van der Waals surface area contributed by atoms with Crippen molar-refractivity contribution in [3.63, 3.8) is 0 Å². The Hall–Kier alpha value is -1.84. The lowest BCUT2D eigenvalue weighted by Crippen LogP contribution is -2.32. The number of carbonyl (C=O) groups excluding carboxylic acids is 1. The summed E-state index contributed by atoms with van der Waals surface area (Å²) in [6.07, 6.45) is 14.2. The number of nitrogens with zero attached hydrogens (tertiary/aromatic N) is 2. The van der Waals surface area contributed by atoms with Crippen molar-refractivity contribution in [3.8, 4) is 0 Å². The number of aryl methyl sites for hydroxylation is 2. The van der Waals surface area contributed by atoms with Gasteiger partial charge < -0.3 is 9.88 Å². The Morgan fingerprint density at radius 3 is 2.68 bits per heavy atom. The maximum Gasteiger partial charge on any atom is 0.223 e. The summed E-state index contributed by atoms with van der Waals surface area (Å²) in [4.78, 5) is 17.2. The molecule has 1 aliphatic rings. The molecule has 1 aliphatic carbocycles. The SMILES string of the molecule is CCCCCCCn1c(CCCNC(=O)C2CCCCC2)nc2ccccc21. The molecule has 4 nitrogen and oxygen atoms in total. The lowest BCUT2D eigenvalue weighted by atomic mass is 9.89. The van der Waals surface area contributed by atoms with Crippen LogP contribution in [-0.2, 0) is 17.8 Å². The molecule has 1 heterocycles. The van der Waals surface area contributed by atoms with Gasteiger partial charge in [0, 0.05) is 25.4 Å². The molecule has 1 aromatic heterocycles. The molecule has 2 aromatic rings. The zero-order chi connectivity index (χ0) is 19.6. The van der Waals surface area contributed by atoms with E-state index in [-0.39, 0.29) is 11.8 Å². The van der Waals surface area contributed by atoms with E-state index in [1.807, 2.05) is 0 Å². The van der Waals surface area contributed by atoms with Crippen LogP contribution in [0.3, 0.4) is 0 Å². The first-order valence-electron chi connectivity index (χ1n) is 11.5. The van der Waals surface area contributed by atoms with Crippen molar-refractivity contribution < 1.29 is 4.79 Å². The van der Waals surface area contributed by atoms with E-state index in [1.165, 1.54) is 62.7 Å². The van der Waals surface area contributed by atoms with Crippen LogP contribution < -0.4 is 5.32 Å². The first kappa shape index (κ1) is 20.9. The predicted molar refractivity (Wildman–Crippen MR) is 116 cm³/mol. The van der Waals surface area contributed by atoms with Crippen LogP contribution in [0.25, 0.3) is 11.0 Å². The summed E-state index contributed by atoms with van der Waals surface area (Å²) in [6.45, 7) is 4.07. The smallest absolute Gasteiger partial charge is 0.223 e. The number of carbonyl (C=O) groups is 1. The molecule has 0 spiro atoms. The van der Waals surface area contributed by atoms with E-state index in [0.29, 0.717) is 0 Å². The number of hydrogen-bond acceptors (Lipinski definition) is 2. The predicted octanol–water partition coefficient (Wildman–Crippen LogP) is 5.64. The molecule has 1 saturated carbocycles. The summed E-state index contributed by atoms with van der Waals surface area (Å²) in [6, 6.07) is 8.46. The number of rotatable bonds is 11. The third-order valence-corrected chi connectivity index (χ3v) is 6.07. The highest BCUT2D eigenvalue weighted by molar-refractivity contribution is 5.78. The molecule has 0 bridgehead atoms. The third-order valence-electron chi connectivity index (χ3n) is 6.07. The Kier molecular flexibility index (Phi) is 8.38. The number of fused-ring (bicyclic) bond motifs is 1. The standard InChI is InChI=1S/C24H37N3O/c1-2-3-4-5-11-19-27-22-16-10-9-15-21(22)26-23(27)17-12-18-25-24(28)20-13-7-6-8-14-20/h9-10,15-16,20H,2-8,11-14,17-19H2,1H3,(H,25,28). The molecule has 0 saturated heterocycles. The topological polar surface area (TPSA) is 46.9 Å². The van der Waals surface area contributed by atoms with Crippen molar-refractivity contribution in [1.82, 2.24) is 14.9 Å². The van der Waals surface area contributed by atoms with Crippen molar-refractivity contribution >= 4 is 16.9 Å². The summed E-state index contributed by atoms with van der Waals surface area (Å²) in [5.74, 6) is 1.69. The van der Waals surface area contributed by atoms with Crippen molar-refractivity contribution in [1.29, 1.82) is 0 Å². The number of unbranched alkanes of at least 4 members (excludes halogenated alkanes) is 4. The Labute approximate surface area is 170 Å². The molecular weight excluding hydrogens is 346 g/mol. The Balaban J connectivity index is 1.51. The van der Waals surface area contributed by atoms with E-state index in [9.17, 15) is 4.79 Å². The fraction of sp³-hybridized carbons (Fsp3) is 0.667. The van der Waals surface area contributed by atoms with Crippen LogP contribution in [0.4, 0.5) is 0 Å². The van der Waals surface area contributed by atoms with Gasteiger partial charge >= 0.3 is 0 Å². The van der Waals surface area contributed by atoms with Crippen LogP contribution in [0.2, 0.25) is 0 Å². The summed E-state index contributed by atoms with van der Waals surface area (Å²) in [5, 5.41) is 3.17. The quantitative estimate of drug-likeness (QED) is 0.511. The first-order valence-corrected chi connectivity index (χ1v) is 11.5. The highest BCUT2D eigenvalue weighted by atomic mass is 16.1. The maximum absolute atomic E-state index is 12.3. The molecule has 28 heavy (non-hydrogen) atoms. The lowest BCUT2D eigenvalue weighted by molar-refractivity contribution is -0.125. The highest BCUT2D eigenvalue weighted by Gasteiger charge is 2.20. The van der Waals surface area contributed by atoms with Crippen LogP contribution in [0.5, 0.6) is 0 Å². The van der Waals surface area contributed by atoms with Crippen LogP contribution in [-0.4, -0.2) is 22.0 Å². The summed E-state index contributed by atoms with van der Waals surface area (Å²) < 4.78 is 2.41. The van der Waals surface area contributed by atoms with Gasteiger partial charge in [-0.1, -0.05) is 64.0 Å². The zero-order valence-corrected chi connectivity index (χ0v) is 17.6. The molecule has 0 radical (unpaired) electrons. The number of aromatic nitrogens is 2. The molecule has 1 fully saturated rings. The third kappa shape index (κ3) is 5.83. The number of imidazole rings is 1. The van der Waals surface area contributed by atoms with Crippen molar-refractivity contribution in [3.05, 3.63) is 30.1 Å². The van der Waals surface area contributed by atoms with Gasteiger partial charge in [0.15, 0.2) is 0 Å². The van der Waals surface area contributed by atoms with E-state index in [1.54, 1.807) is 0 Å². The van der Waals surface area contributed by atoms with Crippen molar-refractivity contribution in [2.24, 2.45) is 5.92 Å². The summed E-state index contributed by atoms with van der Waals surface area (Å²) >= 11 is 0. The first-order chi connectivity index (χ1) is 13.8. The minimum absolute atomic E-state index is 0.251. The van der Waals surface area contributed by atoms with Gasteiger partial charge in [-0.3, -0.25) is 4.79 Å². The minimum atomic E-state index is 0.251. The average Bonchev–Trinajstić information content (AvgIpc) is 3.09. The van der Waals surface area contributed by atoms with Gasteiger partial charge in [0.1, 0.15) is 5.82 Å². The fourth-order valence-corrected chi connectivity index (χ4v) is 4.41. The second kappa shape index (κ2) is 11.2. The van der Waals surface area contributed by atoms with Gasteiger partial charge in [-0.05, 0) is 37.8 Å². The Bertz CT molecular complexity index is 731. The van der Waals surface area contributed by atoms with Crippen molar-refractivity contribution in [2.75, 3.05) is 6.54 Å². The Morgan fingerprint density at radius 1 is 1.07 bits per heavy atom. The highest BCUT2D eigenvalue weighted by Crippen LogP contribution is 2.23.